The molecule has 244 valence electrons. The topological polar surface area (TPSA) is 155 Å². The van der Waals surface area contributed by atoms with Crippen molar-refractivity contribution in [1.29, 1.82) is 0 Å². The number of pyridine rings is 2. The number of ether oxygens (including phenoxy) is 2. The Bertz CT molecular complexity index is 1210. The van der Waals surface area contributed by atoms with Gasteiger partial charge in [-0.25, -0.2) is 19.6 Å². The summed E-state index contributed by atoms with van der Waals surface area (Å²) in [6.07, 6.45) is 4.13. The van der Waals surface area contributed by atoms with E-state index in [1.807, 2.05) is 76.1 Å². The molecule has 0 unspecified atom stereocenters. The highest BCUT2D eigenvalue weighted by Gasteiger charge is 2.25. The molecule has 5 N–H and O–H groups in total. The summed E-state index contributed by atoms with van der Waals surface area (Å²) in [5.41, 5.74) is 14.3. The first-order valence-electron chi connectivity index (χ1n) is 15.5. The van der Waals surface area contributed by atoms with Gasteiger partial charge in [0.2, 0.25) is 0 Å². The van der Waals surface area contributed by atoms with E-state index in [0.717, 1.165) is 74.0 Å². The van der Waals surface area contributed by atoms with Crippen LogP contribution in [0.25, 0.3) is 0 Å². The van der Waals surface area contributed by atoms with Gasteiger partial charge >= 0.3 is 12.2 Å². The van der Waals surface area contributed by atoms with Gasteiger partial charge in [-0.05, 0) is 76.1 Å². The van der Waals surface area contributed by atoms with Gasteiger partial charge in [-0.1, -0.05) is 0 Å². The van der Waals surface area contributed by atoms with Crippen LogP contribution < -0.4 is 26.6 Å². The summed E-state index contributed by atoms with van der Waals surface area (Å²) in [6.45, 7) is 7.39. The second kappa shape index (κ2) is 16.6. The summed E-state index contributed by atoms with van der Waals surface area (Å²) in [5, 5.41) is 3.42. The highest BCUT2D eigenvalue weighted by Crippen LogP contribution is 2.26. The van der Waals surface area contributed by atoms with Crippen molar-refractivity contribution in [2.45, 2.75) is 52.0 Å². The van der Waals surface area contributed by atoms with E-state index in [0.29, 0.717) is 44.0 Å². The fraction of sp³-hybridized carbons (Fsp3) is 0.613. The summed E-state index contributed by atoms with van der Waals surface area (Å²) in [6, 6.07) is 7.91. The molecule has 0 aromatic carbocycles. The largest absolute Gasteiger partial charge is 0.450 e. The van der Waals surface area contributed by atoms with Crippen molar-refractivity contribution in [1.82, 2.24) is 19.8 Å². The molecular weight excluding hydrogens is 562 g/mol. The lowest BCUT2D eigenvalue weighted by atomic mass is 9.91. The zero-order chi connectivity index (χ0) is 32.2. The van der Waals surface area contributed by atoms with Crippen LogP contribution in [0.5, 0.6) is 0 Å². The van der Waals surface area contributed by atoms with Gasteiger partial charge in [-0.15, -0.1) is 0 Å². The quantitative estimate of drug-likeness (QED) is 0.397. The Labute approximate surface area is 261 Å². The van der Waals surface area contributed by atoms with Gasteiger partial charge in [-0.3, -0.25) is 0 Å². The molecule has 2 amide bonds. The van der Waals surface area contributed by atoms with Crippen molar-refractivity contribution < 1.29 is 19.1 Å². The SMILES string of the molecule is CCOC(=O)N1CCC(Cc2nc(N(C)C)ccc2N)CC1.CCOC(=O)N1CCC(Nc2ccc(N)c(N(C)C)n2)CC1. The van der Waals surface area contributed by atoms with Crippen molar-refractivity contribution in [3.8, 4) is 0 Å². The number of nitrogens with zero attached hydrogens (tertiary/aromatic N) is 6. The van der Waals surface area contributed by atoms with E-state index in [9.17, 15) is 9.59 Å². The van der Waals surface area contributed by atoms with Crippen LogP contribution in [0.1, 0.15) is 45.2 Å². The minimum Gasteiger partial charge on any atom is -0.450 e. The van der Waals surface area contributed by atoms with Crippen molar-refractivity contribution in [2.24, 2.45) is 5.92 Å². The number of hydrogen-bond acceptors (Lipinski definition) is 11. The van der Waals surface area contributed by atoms with Gasteiger partial charge in [0.25, 0.3) is 0 Å². The lowest BCUT2D eigenvalue weighted by Gasteiger charge is -2.32. The Morgan fingerprint density at radius 3 is 1.89 bits per heavy atom. The van der Waals surface area contributed by atoms with E-state index in [1.165, 1.54) is 0 Å². The molecule has 2 fully saturated rings. The summed E-state index contributed by atoms with van der Waals surface area (Å²) < 4.78 is 10.1. The van der Waals surface area contributed by atoms with Gasteiger partial charge in [-0.2, -0.15) is 0 Å². The normalized spacial score (nSPS) is 15.6. The number of nitrogen functional groups attached to an aromatic ring is 2. The Morgan fingerprint density at radius 2 is 1.36 bits per heavy atom. The number of aromatic nitrogens is 2. The van der Waals surface area contributed by atoms with Crippen LogP contribution in [-0.2, 0) is 15.9 Å². The van der Waals surface area contributed by atoms with E-state index < -0.39 is 0 Å². The van der Waals surface area contributed by atoms with Crippen LogP contribution >= 0.6 is 0 Å². The maximum absolute atomic E-state index is 11.7. The molecule has 44 heavy (non-hydrogen) atoms. The first kappa shape index (κ1) is 34.3. The maximum Gasteiger partial charge on any atom is 0.409 e. The average molecular weight is 614 g/mol. The molecule has 2 saturated heterocycles. The lowest BCUT2D eigenvalue weighted by Crippen LogP contribution is -2.42. The number of carbonyl (C=O) groups excluding carboxylic acids is 2. The van der Waals surface area contributed by atoms with E-state index in [1.54, 1.807) is 9.80 Å². The molecular formula is C31H51N9O4. The molecule has 2 aliphatic rings. The number of anilines is 5. The Balaban J connectivity index is 0.000000240. The van der Waals surface area contributed by atoms with E-state index in [4.69, 9.17) is 20.9 Å². The summed E-state index contributed by atoms with van der Waals surface area (Å²) in [4.78, 5) is 40.0. The molecule has 0 bridgehead atoms. The average Bonchev–Trinajstić information content (AvgIpc) is 3.00. The maximum atomic E-state index is 11.7. The second-order valence-electron chi connectivity index (χ2n) is 11.5. The first-order valence-corrected chi connectivity index (χ1v) is 15.5. The molecule has 0 atom stereocenters. The Hall–Kier alpha value is -4.16. The van der Waals surface area contributed by atoms with Crippen molar-refractivity contribution in [3.05, 3.63) is 30.0 Å². The van der Waals surface area contributed by atoms with Crippen LogP contribution in [0.4, 0.5) is 38.4 Å². The van der Waals surface area contributed by atoms with Crippen LogP contribution in [-0.4, -0.2) is 106 Å². The van der Waals surface area contributed by atoms with E-state index >= 15 is 0 Å². The smallest absolute Gasteiger partial charge is 0.409 e. The highest BCUT2D eigenvalue weighted by molar-refractivity contribution is 5.68. The minimum atomic E-state index is -0.221. The Kier molecular flexibility index (Phi) is 13.0. The fourth-order valence-electron chi connectivity index (χ4n) is 5.25. The van der Waals surface area contributed by atoms with E-state index in [-0.39, 0.29) is 12.2 Å². The zero-order valence-corrected chi connectivity index (χ0v) is 27.2. The molecule has 13 nitrogen and oxygen atoms in total. The summed E-state index contributed by atoms with van der Waals surface area (Å²) in [5.74, 6) is 3.01. The number of amides is 2. The molecule has 0 radical (unpaired) electrons. The molecule has 4 heterocycles. The third kappa shape index (κ3) is 9.95. The molecule has 2 aromatic rings. The van der Waals surface area contributed by atoms with Gasteiger partial charge in [0.05, 0.1) is 30.3 Å². The van der Waals surface area contributed by atoms with Crippen LogP contribution in [0.15, 0.2) is 24.3 Å². The molecule has 0 aliphatic carbocycles. The van der Waals surface area contributed by atoms with Crippen LogP contribution in [0, 0.1) is 5.92 Å². The van der Waals surface area contributed by atoms with Crippen molar-refractivity contribution >= 4 is 41.0 Å². The standard InChI is InChI=1S/C16H26N4O2.C15H25N5O2/c1-4-22-16(21)20-9-7-12(8-10-20)11-14-13(17)5-6-15(18-14)19(2)3;1-4-22-15(21)20-9-7-11(8-10-20)17-13-6-5-12(16)14(18-13)19(2)3/h5-6,12H,4,7-11,17H2,1-3H3;5-6,11H,4,7-10,16H2,1-3H3,(H,17,18). The van der Waals surface area contributed by atoms with Crippen LogP contribution in [0.3, 0.4) is 0 Å². The van der Waals surface area contributed by atoms with E-state index in [2.05, 4.69) is 15.3 Å². The number of rotatable bonds is 8. The monoisotopic (exact) mass is 613 g/mol. The number of carbonyl (C=O) groups is 2. The van der Waals surface area contributed by atoms with Crippen LogP contribution in [0.2, 0.25) is 0 Å². The molecule has 0 spiro atoms. The number of nitrogens with two attached hydrogens (primary N) is 2. The fourth-order valence-corrected chi connectivity index (χ4v) is 5.25. The lowest BCUT2D eigenvalue weighted by molar-refractivity contribution is 0.0916. The molecule has 13 heteroatoms. The van der Waals surface area contributed by atoms with Gasteiger partial charge in [0, 0.05) is 60.4 Å². The minimum absolute atomic E-state index is 0.201. The zero-order valence-electron chi connectivity index (χ0n) is 27.2. The number of piperidine rings is 2. The third-order valence-corrected chi connectivity index (χ3v) is 7.78. The van der Waals surface area contributed by atoms with Gasteiger partial charge in [0.1, 0.15) is 11.6 Å². The van der Waals surface area contributed by atoms with Crippen molar-refractivity contribution in [2.75, 3.05) is 94.2 Å². The van der Waals surface area contributed by atoms with Crippen molar-refractivity contribution in [3.63, 3.8) is 0 Å². The number of likely N-dealkylation sites (tertiary alicyclic amines) is 2. The van der Waals surface area contributed by atoms with Gasteiger partial charge in [0.15, 0.2) is 5.82 Å². The summed E-state index contributed by atoms with van der Waals surface area (Å²) >= 11 is 0. The highest BCUT2D eigenvalue weighted by atomic mass is 16.6. The molecule has 4 rings (SSSR count). The third-order valence-electron chi connectivity index (χ3n) is 7.78. The second-order valence-corrected chi connectivity index (χ2v) is 11.5. The molecule has 2 aliphatic heterocycles. The van der Waals surface area contributed by atoms with Gasteiger partial charge < -0.3 is 45.9 Å². The predicted molar refractivity (Wildman–Crippen MR) is 176 cm³/mol. The number of hydrogen-bond donors (Lipinski definition) is 3. The first-order chi connectivity index (χ1) is 21.0. The predicted octanol–water partition coefficient (Wildman–Crippen LogP) is 3.90. The number of nitrogens with one attached hydrogen (secondary N) is 1. The Morgan fingerprint density at radius 1 is 0.818 bits per heavy atom. The molecule has 0 saturated carbocycles. The summed E-state index contributed by atoms with van der Waals surface area (Å²) in [7, 11) is 7.78. The molecule has 2 aromatic heterocycles.